The predicted molar refractivity (Wildman–Crippen MR) is 189 cm³/mol. The fraction of sp³-hybridized carbons (Fsp3) is 0. The van der Waals surface area contributed by atoms with Gasteiger partial charge in [-0.3, -0.25) is 18.8 Å². The SMILES string of the molecule is c1cc(-c2cnc3ccccc3c2)nc(-c2cn3c4ccccc4n4cc(-c5cccc(-c6cnc7ccccc7c6)n5)nc4c3n2)c1. The zero-order chi connectivity index (χ0) is 31.6. The Kier molecular flexibility index (Phi) is 5.71. The highest BCUT2D eigenvalue weighted by Crippen LogP contribution is 2.30. The van der Waals surface area contributed by atoms with E-state index in [0.29, 0.717) is 0 Å². The Bertz CT molecular complexity index is 2670. The molecule has 48 heavy (non-hydrogen) atoms. The van der Waals surface area contributed by atoms with Crippen LogP contribution in [0.2, 0.25) is 0 Å². The zero-order valence-corrected chi connectivity index (χ0v) is 25.4. The summed E-state index contributed by atoms with van der Waals surface area (Å²) in [7, 11) is 0. The number of imidazole rings is 2. The van der Waals surface area contributed by atoms with Crippen LogP contribution in [0.4, 0.5) is 0 Å². The van der Waals surface area contributed by atoms with Gasteiger partial charge in [-0.15, -0.1) is 0 Å². The summed E-state index contributed by atoms with van der Waals surface area (Å²) in [5, 5.41) is 2.15. The first kappa shape index (κ1) is 26.4. The summed E-state index contributed by atoms with van der Waals surface area (Å²) in [6.45, 7) is 0. The van der Waals surface area contributed by atoms with Crippen molar-refractivity contribution >= 4 is 44.1 Å². The van der Waals surface area contributed by atoms with E-state index in [0.717, 1.165) is 89.4 Å². The molecule has 0 saturated carbocycles. The minimum Gasteiger partial charge on any atom is -0.294 e. The first-order valence-electron chi connectivity index (χ1n) is 15.7. The Hall–Kier alpha value is -6.80. The molecule has 0 aliphatic heterocycles. The smallest absolute Gasteiger partial charge is 0.182 e. The summed E-state index contributed by atoms with van der Waals surface area (Å²) < 4.78 is 4.21. The van der Waals surface area contributed by atoms with Crippen molar-refractivity contribution in [3.63, 3.8) is 0 Å². The molecular weight excluding hydrogens is 592 g/mol. The molecule has 0 fully saturated rings. The Labute approximate surface area is 273 Å². The molecule has 0 aliphatic carbocycles. The molecule has 7 aromatic heterocycles. The van der Waals surface area contributed by atoms with E-state index < -0.39 is 0 Å². The largest absolute Gasteiger partial charge is 0.294 e. The van der Waals surface area contributed by atoms with Gasteiger partial charge >= 0.3 is 0 Å². The lowest BCUT2D eigenvalue weighted by atomic mass is 10.1. The first-order chi connectivity index (χ1) is 23.7. The number of hydrogen-bond acceptors (Lipinski definition) is 6. The van der Waals surface area contributed by atoms with Crippen LogP contribution in [0, 0.1) is 0 Å². The van der Waals surface area contributed by atoms with E-state index in [4.69, 9.17) is 19.9 Å². The molecule has 7 heterocycles. The topological polar surface area (TPSA) is 86.2 Å². The maximum Gasteiger partial charge on any atom is 0.182 e. The number of nitrogens with zero attached hydrogens (tertiary/aromatic N) is 8. The maximum absolute atomic E-state index is 5.12. The van der Waals surface area contributed by atoms with Gasteiger partial charge in [-0.2, -0.15) is 0 Å². The summed E-state index contributed by atoms with van der Waals surface area (Å²) >= 11 is 0. The second-order valence-corrected chi connectivity index (χ2v) is 11.8. The number of pyridine rings is 4. The fourth-order valence-corrected chi connectivity index (χ4v) is 6.46. The summed E-state index contributed by atoms with van der Waals surface area (Å²) in [5.74, 6) is 0. The molecule has 0 radical (unpaired) electrons. The van der Waals surface area contributed by atoms with Gasteiger partial charge in [0.05, 0.1) is 44.8 Å². The molecule has 8 heteroatoms. The normalized spacial score (nSPS) is 11.8. The van der Waals surface area contributed by atoms with Crippen LogP contribution in [0.15, 0.2) is 146 Å². The molecule has 0 aliphatic rings. The third kappa shape index (κ3) is 4.24. The third-order valence-electron chi connectivity index (χ3n) is 8.81. The van der Waals surface area contributed by atoms with Gasteiger partial charge in [-0.05, 0) is 60.7 Å². The van der Waals surface area contributed by atoms with E-state index in [-0.39, 0.29) is 0 Å². The number of fused-ring (bicyclic) bond motifs is 8. The van der Waals surface area contributed by atoms with Crippen molar-refractivity contribution in [3.8, 4) is 45.3 Å². The van der Waals surface area contributed by atoms with E-state index >= 15 is 0 Å². The van der Waals surface area contributed by atoms with Crippen LogP contribution in [0.1, 0.15) is 0 Å². The zero-order valence-electron chi connectivity index (χ0n) is 25.4. The summed E-state index contributed by atoms with van der Waals surface area (Å²) in [4.78, 5) is 29.6. The number of benzene rings is 3. The van der Waals surface area contributed by atoms with Gasteiger partial charge in [0, 0.05) is 46.7 Å². The number of aromatic nitrogens is 8. The van der Waals surface area contributed by atoms with Crippen LogP contribution < -0.4 is 0 Å². The molecule has 10 aromatic rings. The Balaban J connectivity index is 1.10. The molecule has 8 nitrogen and oxygen atoms in total. The first-order valence-corrected chi connectivity index (χ1v) is 15.7. The average molecular weight is 617 g/mol. The van der Waals surface area contributed by atoms with Gasteiger partial charge in [0.25, 0.3) is 0 Å². The molecule has 0 unspecified atom stereocenters. The van der Waals surface area contributed by atoms with Crippen molar-refractivity contribution in [3.05, 3.63) is 146 Å². The quantitative estimate of drug-likeness (QED) is 0.197. The molecule has 0 spiro atoms. The molecular formula is C40H24N8. The van der Waals surface area contributed by atoms with Gasteiger partial charge in [0.1, 0.15) is 11.4 Å². The summed E-state index contributed by atoms with van der Waals surface area (Å²) in [6, 6.07) is 40.8. The van der Waals surface area contributed by atoms with E-state index in [9.17, 15) is 0 Å². The monoisotopic (exact) mass is 616 g/mol. The molecule has 10 rings (SSSR count). The van der Waals surface area contributed by atoms with Gasteiger partial charge < -0.3 is 0 Å². The minimum atomic E-state index is 0.740. The number of hydrogen-bond donors (Lipinski definition) is 0. The number of para-hydroxylation sites is 4. The second-order valence-electron chi connectivity index (χ2n) is 11.8. The van der Waals surface area contributed by atoms with Crippen LogP contribution in [0.3, 0.4) is 0 Å². The van der Waals surface area contributed by atoms with Crippen LogP contribution in [0.25, 0.3) is 89.4 Å². The van der Waals surface area contributed by atoms with Gasteiger partial charge in [0.2, 0.25) is 0 Å². The van der Waals surface area contributed by atoms with Gasteiger partial charge in [0.15, 0.2) is 11.3 Å². The fourth-order valence-electron chi connectivity index (χ4n) is 6.46. The minimum absolute atomic E-state index is 0.740. The van der Waals surface area contributed by atoms with Gasteiger partial charge in [-0.25, -0.2) is 19.9 Å². The van der Waals surface area contributed by atoms with Crippen LogP contribution >= 0.6 is 0 Å². The maximum atomic E-state index is 5.12. The van der Waals surface area contributed by atoms with E-state index in [1.807, 2.05) is 110 Å². The summed E-state index contributed by atoms with van der Waals surface area (Å²) in [5.41, 5.74) is 12.1. The highest BCUT2D eigenvalue weighted by Gasteiger charge is 2.18. The van der Waals surface area contributed by atoms with Crippen molar-refractivity contribution in [2.75, 3.05) is 0 Å². The van der Waals surface area contributed by atoms with Crippen molar-refractivity contribution in [2.24, 2.45) is 0 Å². The van der Waals surface area contributed by atoms with Crippen LogP contribution in [0.5, 0.6) is 0 Å². The lowest BCUT2D eigenvalue weighted by Gasteiger charge is -2.05. The molecule has 3 aromatic carbocycles. The third-order valence-corrected chi connectivity index (χ3v) is 8.81. The van der Waals surface area contributed by atoms with Crippen molar-refractivity contribution in [1.29, 1.82) is 0 Å². The molecule has 0 bridgehead atoms. The van der Waals surface area contributed by atoms with Crippen LogP contribution in [-0.4, -0.2) is 38.7 Å². The average Bonchev–Trinajstić information content (AvgIpc) is 3.81. The standard InChI is InChI=1S/C40H24N8/c1-3-11-29-25(9-1)19-27(21-41-29)31-13-7-15-33(43-31)35-23-47-37-17-5-6-18-38(37)48-24-36(46-40(48)39(47)45-35)34-16-8-14-32(44-34)28-20-26-10-2-4-12-30(26)42-22-28/h1-24H. The highest BCUT2D eigenvalue weighted by atomic mass is 15.1. The number of rotatable bonds is 4. The second kappa shape index (κ2) is 10.4. The Morgan fingerprint density at radius 1 is 0.375 bits per heavy atom. The van der Waals surface area contributed by atoms with E-state index in [1.165, 1.54) is 0 Å². The van der Waals surface area contributed by atoms with E-state index in [1.54, 1.807) is 0 Å². The summed E-state index contributed by atoms with van der Waals surface area (Å²) in [6.07, 6.45) is 7.84. The molecule has 224 valence electrons. The van der Waals surface area contributed by atoms with Crippen molar-refractivity contribution in [2.45, 2.75) is 0 Å². The lowest BCUT2D eigenvalue weighted by Crippen LogP contribution is -1.95. The van der Waals surface area contributed by atoms with Gasteiger partial charge in [-0.1, -0.05) is 60.7 Å². The predicted octanol–water partition coefficient (Wildman–Crippen LogP) is 8.69. The molecule has 0 saturated heterocycles. The van der Waals surface area contributed by atoms with Crippen molar-refractivity contribution in [1.82, 2.24) is 38.7 Å². The highest BCUT2D eigenvalue weighted by molar-refractivity contribution is 5.89. The molecule has 0 N–H and O–H groups in total. The lowest BCUT2D eigenvalue weighted by molar-refractivity contribution is 1.17. The van der Waals surface area contributed by atoms with E-state index in [2.05, 4.69) is 55.2 Å². The van der Waals surface area contributed by atoms with Crippen molar-refractivity contribution < 1.29 is 0 Å². The van der Waals surface area contributed by atoms with Crippen LogP contribution in [-0.2, 0) is 0 Å². The Morgan fingerprint density at radius 2 is 0.812 bits per heavy atom. The molecule has 0 amide bonds. The Morgan fingerprint density at radius 3 is 1.31 bits per heavy atom. The molecule has 0 atom stereocenters.